The van der Waals surface area contributed by atoms with Crippen molar-refractivity contribution in [2.75, 3.05) is 0 Å². The lowest BCUT2D eigenvalue weighted by Gasteiger charge is -2.23. The summed E-state index contributed by atoms with van der Waals surface area (Å²) < 4.78 is 2.30. The van der Waals surface area contributed by atoms with E-state index < -0.39 is 0 Å². The fourth-order valence-electron chi connectivity index (χ4n) is 5.69. The number of aliphatic imine (C=N–C) groups is 1. The predicted octanol–water partition coefficient (Wildman–Crippen LogP) is 7.46. The third-order valence-electron chi connectivity index (χ3n) is 7.86. The molecule has 0 saturated heterocycles. The number of aryl methyl sites for hydroxylation is 4. The summed E-state index contributed by atoms with van der Waals surface area (Å²) in [5, 5.41) is 4.23. The van der Waals surface area contributed by atoms with Gasteiger partial charge in [-0.05, 0) is 101 Å². The lowest BCUT2D eigenvalue weighted by molar-refractivity contribution is 0.0927. The van der Waals surface area contributed by atoms with Gasteiger partial charge < -0.3 is 9.88 Å². The van der Waals surface area contributed by atoms with Gasteiger partial charge in [-0.3, -0.25) is 4.79 Å². The van der Waals surface area contributed by atoms with Gasteiger partial charge in [0.05, 0.1) is 5.56 Å². The van der Waals surface area contributed by atoms with E-state index in [2.05, 4.69) is 61.8 Å². The molecule has 2 aliphatic rings. The molecular formula is C30H37N3OS. The van der Waals surface area contributed by atoms with Crippen LogP contribution in [0, 0.1) is 27.7 Å². The maximum Gasteiger partial charge on any atom is 0.254 e. The Bertz CT molecular complexity index is 1270. The Morgan fingerprint density at radius 2 is 1.77 bits per heavy atom. The van der Waals surface area contributed by atoms with Crippen LogP contribution < -0.4 is 5.32 Å². The highest BCUT2D eigenvalue weighted by Gasteiger charge is 2.27. The molecule has 184 valence electrons. The van der Waals surface area contributed by atoms with E-state index in [1.165, 1.54) is 64.3 Å². The lowest BCUT2D eigenvalue weighted by Crippen LogP contribution is -2.36. The van der Waals surface area contributed by atoms with Crippen LogP contribution in [0.1, 0.15) is 93.8 Å². The van der Waals surface area contributed by atoms with Crippen LogP contribution in [-0.2, 0) is 12.8 Å². The number of carbonyl (C=O) groups excluding carboxylic acids is 1. The monoisotopic (exact) mass is 487 g/mol. The molecule has 5 rings (SSSR count). The van der Waals surface area contributed by atoms with E-state index in [1.807, 2.05) is 6.21 Å². The molecule has 2 aliphatic carbocycles. The highest BCUT2D eigenvalue weighted by atomic mass is 32.1. The Labute approximate surface area is 213 Å². The largest absolute Gasteiger partial charge is 0.349 e. The number of thiophene rings is 1. The molecule has 1 saturated carbocycles. The van der Waals surface area contributed by atoms with Crippen molar-refractivity contribution in [2.24, 2.45) is 4.99 Å². The minimum atomic E-state index is 0.0871. The Morgan fingerprint density at radius 1 is 1.00 bits per heavy atom. The van der Waals surface area contributed by atoms with Crippen LogP contribution in [0.4, 0.5) is 5.00 Å². The maximum atomic E-state index is 13.5. The van der Waals surface area contributed by atoms with Crippen molar-refractivity contribution >= 4 is 28.5 Å². The topological polar surface area (TPSA) is 46.4 Å². The molecule has 0 atom stereocenters. The third-order valence-corrected chi connectivity index (χ3v) is 9.06. The Kier molecular flexibility index (Phi) is 6.97. The van der Waals surface area contributed by atoms with Crippen LogP contribution in [0.5, 0.6) is 0 Å². The van der Waals surface area contributed by atoms with Gasteiger partial charge in [-0.15, -0.1) is 11.3 Å². The summed E-state index contributed by atoms with van der Waals surface area (Å²) in [6.07, 6.45) is 12.3. The molecule has 2 aromatic heterocycles. The maximum absolute atomic E-state index is 13.5. The molecule has 3 aromatic rings. The number of nitrogens with one attached hydrogen (secondary N) is 1. The average Bonchev–Trinajstić information content (AvgIpc) is 3.36. The molecule has 2 heterocycles. The van der Waals surface area contributed by atoms with Gasteiger partial charge in [-0.2, -0.15) is 0 Å². The Balaban J connectivity index is 1.46. The molecule has 5 heteroatoms. The summed E-state index contributed by atoms with van der Waals surface area (Å²) in [5.41, 5.74) is 9.34. The van der Waals surface area contributed by atoms with Crippen LogP contribution in [0.3, 0.4) is 0 Å². The zero-order valence-electron chi connectivity index (χ0n) is 21.5. The molecule has 0 bridgehead atoms. The van der Waals surface area contributed by atoms with E-state index in [1.54, 1.807) is 11.3 Å². The van der Waals surface area contributed by atoms with E-state index in [0.29, 0.717) is 6.04 Å². The number of fused-ring (bicyclic) bond motifs is 1. The SMILES string of the molecule is Cc1ccc(-n2c(C)cc(C=Nc3sc4c(c3C(=O)NC3CCCCC3)CCCC4)c2C)cc1C. The molecule has 0 radical (unpaired) electrons. The highest BCUT2D eigenvalue weighted by molar-refractivity contribution is 7.16. The van der Waals surface area contributed by atoms with Gasteiger partial charge in [0.1, 0.15) is 5.00 Å². The number of hydrogen-bond acceptors (Lipinski definition) is 3. The molecule has 0 unspecified atom stereocenters. The molecule has 35 heavy (non-hydrogen) atoms. The zero-order chi connectivity index (χ0) is 24.5. The van der Waals surface area contributed by atoms with Crippen molar-refractivity contribution in [3.63, 3.8) is 0 Å². The van der Waals surface area contributed by atoms with E-state index in [9.17, 15) is 4.79 Å². The lowest BCUT2D eigenvalue weighted by atomic mass is 9.93. The van der Waals surface area contributed by atoms with Gasteiger partial charge in [0, 0.05) is 39.8 Å². The fourth-order valence-corrected chi connectivity index (χ4v) is 6.92. The molecule has 0 aliphatic heterocycles. The summed E-state index contributed by atoms with van der Waals surface area (Å²) in [6, 6.07) is 9.12. The Morgan fingerprint density at radius 3 is 2.54 bits per heavy atom. The predicted molar refractivity (Wildman–Crippen MR) is 147 cm³/mol. The van der Waals surface area contributed by atoms with Gasteiger partial charge in [0.2, 0.25) is 0 Å². The van der Waals surface area contributed by atoms with Crippen LogP contribution in [0.25, 0.3) is 5.69 Å². The second-order valence-electron chi connectivity index (χ2n) is 10.4. The first-order valence-corrected chi connectivity index (χ1v) is 14.0. The van der Waals surface area contributed by atoms with Gasteiger partial charge in [0.15, 0.2) is 0 Å². The number of aromatic nitrogens is 1. The first kappa shape index (κ1) is 24.1. The van der Waals surface area contributed by atoms with Crippen LogP contribution in [-0.4, -0.2) is 22.7 Å². The number of rotatable bonds is 5. The second kappa shape index (κ2) is 10.1. The van der Waals surface area contributed by atoms with Crippen molar-refractivity contribution in [2.45, 2.75) is 91.5 Å². The van der Waals surface area contributed by atoms with Crippen molar-refractivity contribution < 1.29 is 4.79 Å². The standard InChI is InChI=1S/C30H37N3OS/c1-19-14-15-25(16-20(19)2)33-21(3)17-23(22(33)4)18-31-30-28(26-12-8-9-13-27(26)35-30)29(34)32-24-10-6-5-7-11-24/h14-18,24H,5-13H2,1-4H3,(H,32,34). The molecule has 1 amide bonds. The van der Waals surface area contributed by atoms with Crippen molar-refractivity contribution in [1.29, 1.82) is 0 Å². The highest BCUT2D eigenvalue weighted by Crippen LogP contribution is 2.40. The Hall–Kier alpha value is -2.66. The quantitative estimate of drug-likeness (QED) is 0.373. The van der Waals surface area contributed by atoms with Crippen molar-refractivity contribution in [1.82, 2.24) is 9.88 Å². The van der Waals surface area contributed by atoms with Crippen molar-refractivity contribution in [3.05, 3.63) is 68.3 Å². The number of nitrogens with zero attached hydrogens (tertiary/aromatic N) is 2. The summed E-state index contributed by atoms with van der Waals surface area (Å²) in [4.78, 5) is 19.8. The van der Waals surface area contributed by atoms with E-state index in [-0.39, 0.29) is 5.91 Å². The smallest absolute Gasteiger partial charge is 0.254 e. The zero-order valence-corrected chi connectivity index (χ0v) is 22.4. The number of hydrogen-bond donors (Lipinski definition) is 1. The minimum absolute atomic E-state index is 0.0871. The molecule has 1 fully saturated rings. The normalized spacial score (nSPS) is 16.6. The van der Waals surface area contributed by atoms with E-state index >= 15 is 0 Å². The summed E-state index contributed by atoms with van der Waals surface area (Å²) >= 11 is 1.72. The van der Waals surface area contributed by atoms with Gasteiger partial charge >= 0.3 is 0 Å². The first-order chi connectivity index (χ1) is 16.9. The van der Waals surface area contributed by atoms with E-state index in [4.69, 9.17) is 4.99 Å². The molecule has 4 nitrogen and oxygen atoms in total. The molecule has 1 aromatic carbocycles. The van der Waals surface area contributed by atoms with Gasteiger partial charge in [-0.1, -0.05) is 25.3 Å². The van der Waals surface area contributed by atoms with Crippen LogP contribution >= 0.6 is 11.3 Å². The average molecular weight is 488 g/mol. The van der Waals surface area contributed by atoms with Gasteiger partial charge in [-0.25, -0.2) is 4.99 Å². The number of carbonyl (C=O) groups is 1. The third kappa shape index (κ3) is 4.88. The summed E-state index contributed by atoms with van der Waals surface area (Å²) in [7, 11) is 0. The van der Waals surface area contributed by atoms with Crippen LogP contribution in [0.15, 0.2) is 29.3 Å². The second-order valence-corrected chi connectivity index (χ2v) is 11.5. The molecule has 0 spiro atoms. The first-order valence-electron chi connectivity index (χ1n) is 13.2. The van der Waals surface area contributed by atoms with Gasteiger partial charge in [0.25, 0.3) is 5.91 Å². The molecular weight excluding hydrogens is 450 g/mol. The number of amides is 1. The summed E-state index contributed by atoms with van der Waals surface area (Å²) in [5.74, 6) is 0.0871. The van der Waals surface area contributed by atoms with E-state index in [0.717, 1.165) is 48.2 Å². The van der Waals surface area contributed by atoms with Crippen LogP contribution in [0.2, 0.25) is 0 Å². The number of benzene rings is 1. The summed E-state index contributed by atoms with van der Waals surface area (Å²) in [6.45, 7) is 8.61. The van der Waals surface area contributed by atoms with Crippen molar-refractivity contribution in [3.8, 4) is 5.69 Å². The minimum Gasteiger partial charge on any atom is -0.349 e. The molecule has 1 N–H and O–H groups in total. The fraction of sp³-hybridized carbons (Fsp3) is 0.467.